The average Bonchev–Trinajstić information content (AvgIpc) is 2.83. The fourth-order valence-electron chi connectivity index (χ4n) is 3.32. The van der Waals surface area contributed by atoms with E-state index in [1.54, 1.807) is 23.2 Å². The highest BCUT2D eigenvalue weighted by atomic mass is 16.5. The number of imidazole rings is 1. The number of anilines is 1. The molecule has 7 nitrogen and oxygen atoms in total. The molecule has 1 heterocycles. The van der Waals surface area contributed by atoms with Gasteiger partial charge in [0.1, 0.15) is 5.75 Å². The van der Waals surface area contributed by atoms with E-state index in [9.17, 15) is 9.59 Å². The van der Waals surface area contributed by atoms with Gasteiger partial charge in [0.15, 0.2) is 6.61 Å². The molecular formula is C20H23N3O4. The Morgan fingerprint density at radius 3 is 2.33 bits per heavy atom. The topological polar surface area (TPSA) is 85.5 Å². The van der Waals surface area contributed by atoms with Crippen LogP contribution in [0.25, 0.3) is 11.0 Å². The van der Waals surface area contributed by atoms with Crippen LogP contribution in [0.2, 0.25) is 0 Å². The molecule has 0 atom stereocenters. The van der Waals surface area contributed by atoms with Crippen LogP contribution in [0.5, 0.6) is 5.75 Å². The molecule has 2 aromatic carbocycles. The highest BCUT2D eigenvalue weighted by Crippen LogP contribution is 2.25. The van der Waals surface area contributed by atoms with E-state index in [0.29, 0.717) is 12.3 Å². The molecule has 0 saturated heterocycles. The van der Waals surface area contributed by atoms with Gasteiger partial charge in [0, 0.05) is 26.3 Å². The number of rotatable bonds is 6. The Balaban J connectivity index is 1.78. The number of aliphatic carboxylic acids is 1. The molecule has 0 spiro atoms. The molecule has 27 heavy (non-hydrogen) atoms. The number of nitrogens with one attached hydrogen (secondary N) is 1. The Morgan fingerprint density at radius 1 is 1.07 bits per heavy atom. The molecule has 0 aliphatic carbocycles. The van der Waals surface area contributed by atoms with Crippen molar-refractivity contribution >= 4 is 22.7 Å². The SMILES string of the molecule is Cc1cc(CNc2ccc3c(c2)n(C)c(=O)n3C)cc(C)c1OCC(=O)O. The van der Waals surface area contributed by atoms with Crippen LogP contribution in [0, 0.1) is 13.8 Å². The molecule has 2 N–H and O–H groups in total. The van der Waals surface area contributed by atoms with Crippen LogP contribution in [0.1, 0.15) is 16.7 Å². The summed E-state index contributed by atoms with van der Waals surface area (Å²) in [4.78, 5) is 22.7. The molecule has 0 amide bonds. The molecule has 3 rings (SSSR count). The number of ether oxygens (including phenoxy) is 1. The largest absolute Gasteiger partial charge is 0.481 e. The van der Waals surface area contributed by atoms with Gasteiger partial charge in [-0.05, 0) is 48.7 Å². The first-order valence-electron chi connectivity index (χ1n) is 8.62. The normalized spacial score (nSPS) is 11.0. The van der Waals surface area contributed by atoms with E-state index in [2.05, 4.69) is 5.32 Å². The molecule has 0 bridgehead atoms. The number of carboxylic acids is 1. The molecule has 0 fully saturated rings. The summed E-state index contributed by atoms with van der Waals surface area (Å²) < 4.78 is 8.62. The van der Waals surface area contributed by atoms with E-state index in [4.69, 9.17) is 9.84 Å². The number of aryl methyl sites for hydroxylation is 4. The van der Waals surface area contributed by atoms with Gasteiger partial charge in [-0.15, -0.1) is 0 Å². The average molecular weight is 369 g/mol. The minimum Gasteiger partial charge on any atom is -0.481 e. The van der Waals surface area contributed by atoms with Crippen molar-refractivity contribution in [1.29, 1.82) is 0 Å². The zero-order valence-electron chi connectivity index (χ0n) is 15.9. The minimum atomic E-state index is -0.995. The van der Waals surface area contributed by atoms with Gasteiger partial charge in [0.2, 0.25) is 0 Å². The third-order valence-corrected chi connectivity index (χ3v) is 4.63. The number of fused-ring (bicyclic) bond motifs is 1. The van der Waals surface area contributed by atoms with Crippen LogP contribution in [-0.2, 0) is 25.4 Å². The number of carboxylic acid groups (broad SMARTS) is 1. The van der Waals surface area contributed by atoms with Gasteiger partial charge in [0.25, 0.3) is 0 Å². The van der Waals surface area contributed by atoms with Crippen molar-refractivity contribution in [3.63, 3.8) is 0 Å². The summed E-state index contributed by atoms with van der Waals surface area (Å²) in [5.74, 6) is -0.382. The number of benzene rings is 2. The number of hydrogen-bond donors (Lipinski definition) is 2. The van der Waals surface area contributed by atoms with E-state index >= 15 is 0 Å². The molecule has 0 aliphatic heterocycles. The lowest BCUT2D eigenvalue weighted by Crippen LogP contribution is -2.19. The van der Waals surface area contributed by atoms with Crippen molar-refractivity contribution in [2.45, 2.75) is 20.4 Å². The van der Waals surface area contributed by atoms with Gasteiger partial charge in [-0.25, -0.2) is 9.59 Å². The third kappa shape index (κ3) is 3.67. The van der Waals surface area contributed by atoms with E-state index < -0.39 is 5.97 Å². The van der Waals surface area contributed by atoms with Gasteiger partial charge >= 0.3 is 11.7 Å². The maximum atomic E-state index is 12.0. The zero-order valence-corrected chi connectivity index (χ0v) is 15.9. The first kappa shape index (κ1) is 18.6. The van der Waals surface area contributed by atoms with Crippen molar-refractivity contribution in [1.82, 2.24) is 9.13 Å². The molecule has 0 aliphatic rings. The third-order valence-electron chi connectivity index (χ3n) is 4.63. The monoisotopic (exact) mass is 369 g/mol. The second-order valence-corrected chi connectivity index (χ2v) is 6.70. The van der Waals surface area contributed by atoms with Crippen LogP contribution < -0.4 is 15.7 Å². The van der Waals surface area contributed by atoms with Gasteiger partial charge < -0.3 is 15.2 Å². The second-order valence-electron chi connectivity index (χ2n) is 6.70. The summed E-state index contributed by atoms with van der Waals surface area (Å²) in [6.07, 6.45) is 0. The molecule has 0 unspecified atom stereocenters. The van der Waals surface area contributed by atoms with E-state index in [0.717, 1.165) is 33.4 Å². The van der Waals surface area contributed by atoms with E-state index in [-0.39, 0.29) is 12.3 Å². The Labute approximate surface area is 156 Å². The Morgan fingerprint density at radius 2 is 1.70 bits per heavy atom. The van der Waals surface area contributed by atoms with Crippen molar-refractivity contribution in [3.05, 3.63) is 57.5 Å². The molecule has 1 aromatic heterocycles. The first-order valence-corrected chi connectivity index (χ1v) is 8.62. The maximum Gasteiger partial charge on any atom is 0.341 e. The quantitative estimate of drug-likeness (QED) is 0.698. The van der Waals surface area contributed by atoms with E-state index in [1.807, 2.05) is 44.2 Å². The molecule has 7 heteroatoms. The molecular weight excluding hydrogens is 346 g/mol. The predicted molar refractivity (Wildman–Crippen MR) is 105 cm³/mol. The van der Waals surface area contributed by atoms with Gasteiger partial charge in [0.05, 0.1) is 11.0 Å². The van der Waals surface area contributed by atoms with Crippen LogP contribution in [0.3, 0.4) is 0 Å². The van der Waals surface area contributed by atoms with Crippen LogP contribution in [-0.4, -0.2) is 26.8 Å². The molecule has 3 aromatic rings. The zero-order chi connectivity index (χ0) is 19.7. The van der Waals surface area contributed by atoms with Gasteiger partial charge in [-0.2, -0.15) is 0 Å². The summed E-state index contributed by atoms with van der Waals surface area (Å²) >= 11 is 0. The van der Waals surface area contributed by atoms with E-state index in [1.165, 1.54) is 0 Å². The maximum absolute atomic E-state index is 12.0. The lowest BCUT2D eigenvalue weighted by molar-refractivity contribution is -0.139. The molecule has 142 valence electrons. The summed E-state index contributed by atoms with van der Waals surface area (Å²) in [5, 5.41) is 12.2. The lowest BCUT2D eigenvalue weighted by Gasteiger charge is -2.14. The Kier molecular flexibility index (Phi) is 4.94. The summed E-state index contributed by atoms with van der Waals surface area (Å²) in [7, 11) is 3.52. The predicted octanol–water partition coefficient (Wildman–Crippen LogP) is 2.57. The van der Waals surface area contributed by atoms with Gasteiger partial charge in [-0.3, -0.25) is 9.13 Å². The van der Waals surface area contributed by atoms with Crippen LogP contribution in [0.15, 0.2) is 35.1 Å². The van der Waals surface area contributed by atoms with Crippen molar-refractivity contribution in [2.24, 2.45) is 14.1 Å². The number of aromatic nitrogens is 2. The Bertz CT molecular complexity index is 1060. The number of hydrogen-bond acceptors (Lipinski definition) is 4. The summed E-state index contributed by atoms with van der Waals surface area (Å²) in [6, 6.07) is 9.80. The van der Waals surface area contributed by atoms with Crippen molar-refractivity contribution < 1.29 is 14.6 Å². The summed E-state index contributed by atoms with van der Waals surface area (Å²) in [5.41, 5.74) is 5.49. The Hall–Kier alpha value is -3.22. The highest BCUT2D eigenvalue weighted by Gasteiger charge is 2.10. The van der Waals surface area contributed by atoms with Crippen molar-refractivity contribution in [2.75, 3.05) is 11.9 Å². The second kappa shape index (κ2) is 7.19. The lowest BCUT2D eigenvalue weighted by atomic mass is 10.1. The molecule has 0 saturated carbocycles. The van der Waals surface area contributed by atoms with Crippen LogP contribution in [0.4, 0.5) is 5.69 Å². The molecule has 0 radical (unpaired) electrons. The fourth-order valence-corrected chi connectivity index (χ4v) is 3.32. The first-order chi connectivity index (χ1) is 12.8. The summed E-state index contributed by atoms with van der Waals surface area (Å²) in [6.45, 7) is 4.06. The van der Waals surface area contributed by atoms with Crippen molar-refractivity contribution in [3.8, 4) is 5.75 Å². The highest BCUT2D eigenvalue weighted by molar-refractivity contribution is 5.80. The smallest absolute Gasteiger partial charge is 0.341 e. The number of carbonyl (C=O) groups is 1. The minimum absolute atomic E-state index is 0.0506. The van der Waals surface area contributed by atoms with Crippen LogP contribution >= 0.6 is 0 Å². The fraction of sp³-hybridized carbons (Fsp3) is 0.300. The van der Waals surface area contributed by atoms with Gasteiger partial charge in [-0.1, -0.05) is 12.1 Å². The standard InChI is InChI=1S/C20H23N3O4/c1-12-7-14(8-13(2)19(12)27-11-18(24)25)10-21-15-5-6-16-17(9-15)23(4)20(26)22(16)3/h5-9,21H,10-11H2,1-4H3,(H,24,25). The number of nitrogens with zero attached hydrogens (tertiary/aromatic N) is 2.